The predicted octanol–water partition coefficient (Wildman–Crippen LogP) is 5.57. The minimum Gasteiger partial charge on any atom is -0.490 e. The van der Waals surface area contributed by atoms with E-state index in [0.29, 0.717) is 13.1 Å². The smallest absolute Gasteiger partial charge is 0.213 e. The lowest BCUT2D eigenvalue weighted by molar-refractivity contribution is 0.135. The Balaban J connectivity index is 1.21. The third-order valence-electron chi connectivity index (χ3n) is 7.33. The lowest BCUT2D eigenvalue weighted by Gasteiger charge is -2.32. The van der Waals surface area contributed by atoms with Crippen LogP contribution in [0.4, 0.5) is 0 Å². The molecule has 6 nitrogen and oxygen atoms in total. The zero-order chi connectivity index (χ0) is 25.5. The van der Waals surface area contributed by atoms with Gasteiger partial charge in [-0.05, 0) is 66.8 Å². The first-order chi connectivity index (χ1) is 17.1. The third-order valence-corrected chi connectivity index (χ3v) is 11.6. The van der Waals surface area contributed by atoms with Gasteiger partial charge in [-0.25, -0.2) is 12.7 Å². The van der Waals surface area contributed by atoms with Gasteiger partial charge in [0.15, 0.2) is 0 Å². The summed E-state index contributed by atoms with van der Waals surface area (Å²) < 4.78 is 33.4. The Morgan fingerprint density at radius 2 is 1.81 bits per heavy atom. The molecule has 1 fully saturated rings. The van der Waals surface area contributed by atoms with Crippen molar-refractivity contribution in [1.82, 2.24) is 14.6 Å². The second-order valence-corrected chi connectivity index (χ2v) is 19.4. The maximum Gasteiger partial charge on any atom is 0.213 e. The monoisotopic (exact) mass is 545 g/mol. The quantitative estimate of drug-likeness (QED) is 0.381. The van der Waals surface area contributed by atoms with E-state index in [9.17, 15) is 8.42 Å². The van der Waals surface area contributed by atoms with E-state index in [1.807, 2.05) is 30.3 Å². The molecule has 0 radical (unpaired) electrons. The van der Waals surface area contributed by atoms with Crippen LogP contribution >= 0.6 is 11.6 Å². The van der Waals surface area contributed by atoms with Gasteiger partial charge in [0, 0.05) is 49.3 Å². The zero-order valence-corrected chi connectivity index (χ0v) is 23.9. The molecule has 36 heavy (non-hydrogen) atoms. The summed E-state index contributed by atoms with van der Waals surface area (Å²) >= 11 is 6.25. The number of aromatic amines is 1. The van der Waals surface area contributed by atoms with Crippen molar-refractivity contribution in [3.05, 3.63) is 64.3 Å². The second-order valence-electron chi connectivity index (χ2n) is 11.3. The van der Waals surface area contributed by atoms with Gasteiger partial charge in [0.05, 0.1) is 11.8 Å². The van der Waals surface area contributed by atoms with Gasteiger partial charge >= 0.3 is 0 Å². The first-order valence-electron chi connectivity index (χ1n) is 12.9. The Bertz CT molecular complexity index is 1330. The molecule has 0 bridgehead atoms. The molecule has 2 aliphatic rings. The molecular weight excluding hydrogens is 510 g/mol. The molecule has 194 valence electrons. The predicted molar refractivity (Wildman–Crippen MR) is 150 cm³/mol. The maximum absolute atomic E-state index is 12.7. The number of H-pyrrole nitrogens is 1. The first kappa shape index (κ1) is 25.8. The fourth-order valence-electron chi connectivity index (χ4n) is 5.21. The van der Waals surface area contributed by atoms with Crippen LogP contribution in [-0.2, 0) is 16.4 Å². The normalized spacial score (nSPS) is 19.9. The highest BCUT2D eigenvalue weighted by molar-refractivity contribution is 7.89. The Kier molecular flexibility index (Phi) is 7.26. The van der Waals surface area contributed by atoms with Crippen LogP contribution < -0.4 is 10.1 Å². The SMILES string of the molecule is C[Si](C)(C)CCS(=O)(=O)N1CCC(Oc2ccc([C@@H]3NCCc4c3[nH]c3ccc(Cl)cc43)cc2)CC1. The van der Waals surface area contributed by atoms with E-state index in [-0.39, 0.29) is 17.9 Å². The van der Waals surface area contributed by atoms with Crippen molar-refractivity contribution in [3.8, 4) is 5.75 Å². The molecule has 0 aliphatic carbocycles. The Hall–Kier alpha value is -1.84. The van der Waals surface area contributed by atoms with Crippen molar-refractivity contribution >= 4 is 40.6 Å². The summed E-state index contributed by atoms with van der Waals surface area (Å²) in [6.45, 7) is 8.63. The van der Waals surface area contributed by atoms with E-state index in [0.717, 1.165) is 48.1 Å². The van der Waals surface area contributed by atoms with Crippen LogP contribution in [0.2, 0.25) is 30.7 Å². The fraction of sp³-hybridized carbons (Fsp3) is 0.481. The van der Waals surface area contributed by atoms with Gasteiger partial charge in [-0.15, -0.1) is 0 Å². The number of hydrogen-bond acceptors (Lipinski definition) is 4. The number of fused-ring (bicyclic) bond motifs is 3. The topological polar surface area (TPSA) is 74.4 Å². The molecule has 0 saturated carbocycles. The molecule has 2 aromatic carbocycles. The molecule has 2 N–H and O–H groups in total. The van der Waals surface area contributed by atoms with E-state index in [4.69, 9.17) is 16.3 Å². The van der Waals surface area contributed by atoms with Crippen LogP contribution in [-0.4, -0.2) is 57.3 Å². The van der Waals surface area contributed by atoms with Crippen LogP contribution in [0.5, 0.6) is 5.75 Å². The standard InChI is InChI=1S/C27H36ClN3O3SSi/c1-36(2,3)17-16-35(32,33)31-14-11-22(12-15-31)34-21-7-4-19(5-8-21)26-27-23(10-13-29-26)24-18-20(28)6-9-25(24)30-27/h4-9,18,22,26,29-30H,10-17H2,1-3H3/t26-/m0/s1. The lowest BCUT2D eigenvalue weighted by Crippen LogP contribution is -2.43. The number of hydrogen-bond donors (Lipinski definition) is 2. The van der Waals surface area contributed by atoms with Crippen molar-refractivity contribution in [2.24, 2.45) is 0 Å². The fourth-order valence-corrected chi connectivity index (χ4v) is 9.89. The molecule has 3 heterocycles. The molecule has 0 unspecified atom stereocenters. The van der Waals surface area contributed by atoms with Gasteiger partial charge in [-0.1, -0.05) is 43.4 Å². The van der Waals surface area contributed by atoms with E-state index < -0.39 is 18.1 Å². The van der Waals surface area contributed by atoms with Gasteiger partial charge in [-0.3, -0.25) is 0 Å². The van der Waals surface area contributed by atoms with Gasteiger partial charge in [0.1, 0.15) is 11.9 Å². The van der Waals surface area contributed by atoms with Gasteiger partial charge < -0.3 is 15.0 Å². The number of nitrogens with zero attached hydrogens (tertiary/aromatic N) is 1. The summed E-state index contributed by atoms with van der Waals surface area (Å²) in [5.41, 5.74) is 4.84. The molecule has 3 aromatic rings. The highest BCUT2D eigenvalue weighted by Crippen LogP contribution is 2.35. The lowest BCUT2D eigenvalue weighted by atomic mass is 9.94. The molecule has 5 rings (SSSR count). The van der Waals surface area contributed by atoms with Crippen molar-refractivity contribution < 1.29 is 13.2 Å². The summed E-state index contributed by atoms with van der Waals surface area (Å²) in [4.78, 5) is 3.60. The number of rotatable bonds is 7. The number of ether oxygens (including phenoxy) is 1. The second kappa shape index (κ2) is 10.1. The van der Waals surface area contributed by atoms with Crippen LogP contribution in [0, 0.1) is 0 Å². The summed E-state index contributed by atoms with van der Waals surface area (Å²) in [7, 11) is -4.56. The summed E-state index contributed by atoms with van der Waals surface area (Å²) in [5, 5.41) is 5.61. The third kappa shape index (κ3) is 5.68. The van der Waals surface area contributed by atoms with Crippen LogP contribution in [0.3, 0.4) is 0 Å². The zero-order valence-electron chi connectivity index (χ0n) is 21.3. The van der Waals surface area contributed by atoms with Gasteiger partial charge in [0.2, 0.25) is 10.0 Å². The summed E-state index contributed by atoms with van der Waals surface area (Å²) in [6, 6.07) is 15.2. The van der Waals surface area contributed by atoms with Crippen molar-refractivity contribution in [1.29, 1.82) is 0 Å². The van der Waals surface area contributed by atoms with E-state index in [1.165, 1.54) is 22.2 Å². The van der Waals surface area contributed by atoms with Crippen LogP contribution in [0.25, 0.3) is 10.9 Å². The van der Waals surface area contributed by atoms with E-state index in [2.05, 4.69) is 42.1 Å². The molecule has 9 heteroatoms. The molecule has 1 aromatic heterocycles. The molecule has 2 aliphatic heterocycles. The molecular formula is C27H36ClN3O3SSi. The highest BCUT2D eigenvalue weighted by Gasteiger charge is 2.30. The molecule has 0 amide bonds. The van der Waals surface area contributed by atoms with Crippen molar-refractivity contribution in [2.75, 3.05) is 25.4 Å². The minimum atomic E-state index is -3.17. The maximum atomic E-state index is 12.7. The summed E-state index contributed by atoms with van der Waals surface area (Å²) in [5.74, 6) is 1.11. The number of halogens is 1. The van der Waals surface area contributed by atoms with E-state index >= 15 is 0 Å². The van der Waals surface area contributed by atoms with Crippen molar-refractivity contribution in [3.63, 3.8) is 0 Å². The largest absolute Gasteiger partial charge is 0.490 e. The van der Waals surface area contributed by atoms with E-state index in [1.54, 1.807) is 4.31 Å². The number of sulfonamides is 1. The van der Waals surface area contributed by atoms with Crippen LogP contribution in [0.15, 0.2) is 42.5 Å². The number of benzene rings is 2. The Morgan fingerprint density at radius 3 is 2.50 bits per heavy atom. The Labute approximate surface area is 220 Å². The Morgan fingerprint density at radius 1 is 1.08 bits per heavy atom. The molecule has 1 atom stereocenters. The van der Waals surface area contributed by atoms with Crippen molar-refractivity contribution in [2.45, 2.75) is 57.1 Å². The number of piperidine rings is 1. The average molecular weight is 546 g/mol. The minimum absolute atomic E-state index is 0.0390. The summed E-state index contributed by atoms with van der Waals surface area (Å²) in [6.07, 6.45) is 2.45. The highest BCUT2D eigenvalue weighted by atomic mass is 35.5. The first-order valence-corrected chi connectivity index (χ1v) is 18.6. The van der Waals surface area contributed by atoms with Gasteiger partial charge in [0.25, 0.3) is 0 Å². The number of nitrogens with one attached hydrogen (secondary N) is 2. The molecule has 1 saturated heterocycles. The van der Waals surface area contributed by atoms with Crippen LogP contribution in [0.1, 0.15) is 35.7 Å². The molecule has 0 spiro atoms. The average Bonchev–Trinajstić information content (AvgIpc) is 3.21. The van der Waals surface area contributed by atoms with Gasteiger partial charge in [-0.2, -0.15) is 0 Å². The number of aromatic nitrogens is 1.